The van der Waals surface area contributed by atoms with Crippen molar-refractivity contribution >= 4 is 42.9 Å². The van der Waals surface area contributed by atoms with Gasteiger partial charge < -0.3 is 65.4 Å². The standard InChI is InChI=1S/C91H116O17Si3/c1-18-95-50-51-96-87-84-79(100-62-67-42-32-25-33-43-67)54-70(97-59-64-36-26-22-27-37-64)55-80(84)104-86(69-46-48-73(98-60-65-38-28-23-29-39-65)77(52-69)99-61-66-40-30-24-31-41-66)88(87)105-83(94)45-35-21-19-20-34-44-82(93)102-75-56-71(106-109(12,13)89(3,4)5)57-76-72(75)58-81(101-63(2)92)85(103-76)68-47-49-74(107-110(14,15)90(6,7)8)78(53-68)108-111(16,17)91(9,10)11/h22-33,36-43,46-49,52-57,81,85-88H,18-21,34-35,44-45,50-51,58-62H2,1-17H3/t81-,85+,86+,87-,88+/m0/s1. The maximum atomic E-state index is 14.8. The van der Waals surface area contributed by atoms with Gasteiger partial charge in [0.1, 0.15) is 84.6 Å². The van der Waals surface area contributed by atoms with Crippen molar-refractivity contribution in [3.63, 3.8) is 0 Å². The van der Waals surface area contributed by atoms with Gasteiger partial charge in [0.2, 0.25) is 8.32 Å². The second kappa shape index (κ2) is 37.5. The molecule has 10 rings (SSSR count). The lowest BCUT2D eigenvalue weighted by Crippen LogP contribution is -2.45. The maximum absolute atomic E-state index is 14.8. The van der Waals surface area contributed by atoms with Crippen LogP contribution in [0.25, 0.3) is 0 Å². The summed E-state index contributed by atoms with van der Waals surface area (Å²) in [5.74, 6) is 3.54. The lowest BCUT2D eigenvalue weighted by Gasteiger charge is -2.40. The fourth-order valence-electron chi connectivity index (χ4n) is 12.3. The average molecular weight is 1570 g/mol. The van der Waals surface area contributed by atoms with Gasteiger partial charge in [-0.25, -0.2) is 0 Å². The van der Waals surface area contributed by atoms with Gasteiger partial charge in [0.15, 0.2) is 29.8 Å². The molecule has 0 bridgehead atoms. The molecular weight excluding hydrogens is 1450 g/mol. The van der Waals surface area contributed by atoms with Crippen molar-refractivity contribution < 1.29 is 79.8 Å². The van der Waals surface area contributed by atoms with Crippen molar-refractivity contribution in [2.24, 2.45) is 0 Å². The highest BCUT2D eigenvalue weighted by molar-refractivity contribution is 6.76. The van der Waals surface area contributed by atoms with Gasteiger partial charge in [-0.3, -0.25) is 14.4 Å². The quantitative estimate of drug-likeness (QED) is 0.0156. The topological polar surface area (TPSA) is 180 Å². The minimum absolute atomic E-state index is 0.0792. The average Bonchev–Trinajstić information content (AvgIpc) is 0.929. The predicted octanol–water partition coefficient (Wildman–Crippen LogP) is 22.2. The number of fused-ring (bicyclic) bond motifs is 2. The first kappa shape index (κ1) is 84.4. The molecule has 0 saturated heterocycles. The first-order valence-electron chi connectivity index (χ1n) is 39.2. The number of esters is 3. The van der Waals surface area contributed by atoms with Crippen LogP contribution in [-0.2, 0) is 66.2 Å². The molecule has 2 aliphatic rings. The van der Waals surface area contributed by atoms with Crippen LogP contribution >= 0.6 is 0 Å². The summed E-state index contributed by atoms with van der Waals surface area (Å²) in [5, 5.41) is -0.361. The molecule has 594 valence electrons. The number of benzene rings is 8. The van der Waals surface area contributed by atoms with Gasteiger partial charge in [-0.05, 0) is 126 Å². The fourth-order valence-corrected chi connectivity index (χ4v) is 15.4. The lowest BCUT2D eigenvalue weighted by atomic mass is 9.90. The molecular formula is C91H116O17Si3. The second-order valence-electron chi connectivity index (χ2n) is 33.4. The fraction of sp³-hybridized carbons (Fsp3) is 0.440. The van der Waals surface area contributed by atoms with Gasteiger partial charge >= 0.3 is 17.9 Å². The molecule has 0 unspecified atom stereocenters. The summed E-state index contributed by atoms with van der Waals surface area (Å²) in [7, 11) is -7.22. The minimum atomic E-state index is -2.46. The van der Waals surface area contributed by atoms with Gasteiger partial charge in [-0.2, -0.15) is 0 Å². The molecule has 0 saturated carbocycles. The van der Waals surface area contributed by atoms with Gasteiger partial charge in [-0.1, -0.05) is 215 Å². The van der Waals surface area contributed by atoms with E-state index < -0.39 is 73.4 Å². The van der Waals surface area contributed by atoms with E-state index in [1.54, 1.807) is 6.07 Å². The van der Waals surface area contributed by atoms with Crippen LogP contribution in [0.2, 0.25) is 54.4 Å². The molecule has 2 heterocycles. The van der Waals surface area contributed by atoms with Gasteiger partial charge in [-0.15, -0.1) is 0 Å². The molecule has 0 spiro atoms. The number of hydrogen-bond acceptors (Lipinski definition) is 17. The van der Waals surface area contributed by atoms with Crippen LogP contribution in [0.4, 0.5) is 0 Å². The van der Waals surface area contributed by atoms with E-state index in [-0.39, 0.29) is 73.2 Å². The van der Waals surface area contributed by atoms with Gasteiger partial charge in [0.25, 0.3) is 16.6 Å². The highest BCUT2D eigenvalue weighted by Gasteiger charge is 2.48. The Bertz CT molecular complexity index is 4360. The highest BCUT2D eigenvalue weighted by Crippen LogP contribution is 2.53. The van der Waals surface area contributed by atoms with Crippen LogP contribution in [0.5, 0.6) is 57.5 Å². The Kier molecular flexibility index (Phi) is 28.5. The van der Waals surface area contributed by atoms with Gasteiger partial charge in [0, 0.05) is 68.2 Å². The van der Waals surface area contributed by atoms with Crippen molar-refractivity contribution in [3.8, 4) is 57.5 Å². The van der Waals surface area contributed by atoms with Crippen LogP contribution in [-0.4, -0.2) is 74.9 Å². The normalized spacial score (nSPS) is 16.5. The Hall–Kier alpha value is -9.06. The van der Waals surface area contributed by atoms with E-state index >= 15 is 0 Å². The summed E-state index contributed by atoms with van der Waals surface area (Å²) >= 11 is 0. The SMILES string of the molecule is CCOCCO[C@H]1c2c(OCc3ccccc3)cc(OCc3ccccc3)cc2O[C@H](c2ccc(OCc3ccccc3)c(OCc3ccccc3)c2)[C@H]1OC(=O)CCCCCCCC(=O)Oc1cc(O[Si](C)(C)C(C)(C)C)cc2c1C[C@H](OC(C)=O)[C@@H](c1ccc(O[Si](C)(C)C(C)(C)C)c(O[Si](C)(C)C(C)(C)C)c1)O2. The molecule has 0 aromatic heterocycles. The van der Waals surface area contributed by atoms with Crippen molar-refractivity contribution in [3.05, 3.63) is 226 Å². The maximum Gasteiger partial charge on any atom is 0.311 e. The zero-order valence-corrected chi connectivity index (χ0v) is 71.3. The van der Waals surface area contributed by atoms with Crippen molar-refractivity contribution in [1.82, 2.24) is 0 Å². The molecule has 20 heteroatoms. The van der Waals surface area contributed by atoms with E-state index in [9.17, 15) is 14.4 Å². The zero-order chi connectivity index (χ0) is 79.7. The minimum Gasteiger partial charge on any atom is -0.543 e. The van der Waals surface area contributed by atoms with E-state index in [1.807, 2.05) is 183 Å². The molecule has 5 atom stereocenters. The van der Waals surface area contributed by atoms with E-state index in [0.717, 1.165) is 34.2 Å². The smallest absolute Gasteiger partial charge is 0.311 e. The van der Waals surface area contributed by atoms with Crippen molar-refractivity contribution in [2.45, 2.75) is 239 Å². The molecule has 0 aliphatic carbocycles. The van der Waals surface area contributed by atoms with E-state index in [1.165, 1.54) is 6.92 Å². The third kappa shape index (κ3) is 23.1. The van der Waals surface area contributed by atoms with Crippen LogP contribution in [0.1, 0.15) is 184 Å². The summed E-state index contributed by atoms with van der Waals surface area (Å²) in [6, 6.07) is 58.6. The number of hydrogen-bond donors (Lipinski definition) is 0. The third-order valence-corrected chi connectivity index (χ3v) is 34.8. The molecule has 0 fully saturated rings. The molecule has 0 N–H and O–H groups in total. The largest absolute Gasteiger partial charge is 0.543 e. The molecule has 2 aliphatic heterocycles. The van der Waals surface area contributed by atoms with Crippen LogP contribution < -0.4 is 46.4 Å². The monoisotopic (exact) mass is 1560 g/mol. The van der Waals surface area contributed by atoms with Crippen LogP contribution in [0.15, 0.2) is 182 Å². The number of unbranched alkanes of at least 4 members (excludes halogenated alkanes) is 4. The Morgan fingerprint density at radius 1 is 0.432 bits per heavy atom. The van der Waals surface area contributed by atoms with Crippen molar-refractivity contribution in [1.29, 1.82) is 0 Å². The zero-order valence-electron chi connectivity index (χ0n) is 68.3. The van der Waals surface area contributed by atoms with E-state index in [4.69, 9.17) is 65.4 Å². The van der Waals surface area contributed by atoms with E-state index in [2.05, 4.69) is 102 Å². The third-order valence-electron chi connectivity index (χ3n) is 21.7. The number of carbonyl (C=O) groups is 3. The van der Waals surface area contributed by atoms with Crippen molar-refractivity contribution in [2.75, 3.05) is 19.8 Å². The summed E-state index contributed by atoms with van der Waals surface area (Å²) in [6.07, 6.45) is -1.03. The van der Waals surface area contributed by atoms with Gasteiger partial charge in [0.05, 0.1) is 18.8 Å². The van der Waals surface area contributed by atoms with Crippen LogP contribution in [0, 0.1) is 0 Å². The molecule has 17 nitrogen and oxygen atoms in total. The molecule has 0 radical (unpaired) electrons. The summed E-state index contributed by atoms with van der Waals surface area (Å²) in [4.78, 5) is 42.1. The predicted molar refractivity (Wildman–Crippen MR) is 441 cm³/mol. The molecule has 8 aromatic carbocycles. The molecule has 0 amide bonds. The Labute approximate surface area is 661 Å². The summed E-state index contributed by atoms with van der Waals surface area (Å²) in [5.41, 5.74) is 6.38. The number of rotatable bonds is 36. The Balaban J connectivity index is 0.880. The summed E-state index contributed by atoms with van der Waals surface area (Å²) < 4.78 is 93.8. The second-order valence-corrected chi connectivity index (χ2v) is 47.6. The summed E-state index contributed by atoms with van der Waals surface area (Å²) in [6.45, 7) is 38.2. The lowest BCUT2D eigenvalue weighted by molar-refractivity contribution is -0.174. The first-order chi connectivity index (χ1) is 52.7. The first-order valence-corrected chi connectivity index (χ1v) is 47.9. The Morgan fingerprint density at radius 3 is 1.42 bits per heavy atom. The van der Waals surface area contributed by atoms with E-state index in [0.29, 0.717) is 107 Å². The number of carbonyl (C=O) groups excluding carboxylic acids is 3. The Morgan fingerprint density at radius 2 is 0.883 bits per heavy atom. The highest BCUT2D eigenvalue weighted by atomic mass is 28.4. The molecule has 111 heavy (non-hydrogen) atoms. The van der Waals surface area contributed by atoms with Crippen LogP contribution in [0.3, 0.4) is 0 Å². The molecule has 8 aromatic rings. The number of ether oxygens (including phenoxy) is 11.